The monoisotopic (exact) mass is 176 g/mol. The van der Waals surface area contributed by atoms with Crippen LogP contribution in [0.1, 0.15) is 19.3 Å². The van der Waals surface area contributed by atoms with E-state index >= 15 is 0 Å². The highest BCUT2D eigenvalue weighted by Crippen LogP contribution is 2.25. The van der Waals surface area contributed by atoms with E-state index in [9.17, 15) is 4.79 Å². The van der Waals surface area contributed by atoms with E-state index in [1.807, 2.05) is 0 Å². The zero-order valence-electron chi connectivity index (χ0n) is 6.35. The molecule has 0 radical (unpaired) electrons. The first-order chi connectivity index (χ1) is 4.81. The fraction of sp³-hybridized carbons (Fsp3) is 0.857. The molecule has 0 aliphatic carbocycles. The van der Waals surface area contributed by atoms with Crippen LogP contribution in [0.25, 0.3) is 0 Å². The largest absolute Gasteiger partial charge is 0.349 e. The maximum Gasteiger partial charge on any atom is 0.220 e. The Bertz CT molecular complexity index is 166. The third-order valence-corrected chi connectivity index (χ3v) is 2.48. The van der Waals surface area contributed by atoms with Gasteiger partial charge < -0.3 is 10.6 Å². The second-order valence-corrected chi connectivity index (χ2v) is 3.26. The Morgan fingerprint density at radius 2 is 2.18 bits per heavy atom. The van der Waals surface area contributed by atoms with Crippen molar-refractivity contribution in [3.63, 3.8) is 0 Å². The van der Waals surface area contributed by atoms with E-state index in [0.29, 0.717) is 0 Å². The SMILES string of the molecule is Cl.O=C1CCC2(CCNC2)N1. The molecular weight excluding hydrogens is 164 g/mol. The van der Waals surface area contributed by atoms with Gasteiger partial charge in [0, 0.05) is 13.0 Å². The Hall–Kier alpha value is -0.280. The molecule has 2 N–H and O–H groups in total. The molecule has 4 heteroatoms. The molecule has 0 aromatic carbocycles. The highest BCUT2D eigenvalue weighted by Gasteiger charge is 2.39. The first-order valence-corrected chi connectivity index (χ1v) is 3.83. The summed E-state index contributed by atoms with van der Waals surface area (Å²) in [7, 11) is 0. The summed E-state index contributed by atoms with van der Waals surface area (Å²) >= 11 is 0. The number of hydrogen-bond acceptors (Lipinski definition) is 2. The van der Waals surface area contributed by atoms with Gasteiger partial charge in [0.2, 0.25) is 5.91 Å². The summed E-state index contributed by atoms with van der Waals surface area (Å²) in [5.41, 5.74) is 0.150. The lowest BCUT2D eigenvalue weighted by Crippen LogP contribution is -2.43. The minimum absolute atomic E-state index is 0. The fourth-order valence-corrected chi connectivity index (χ4v) is 1.84. The second-order valence-electron chi connectivity index (χ2n) is 3.26. The van der Waals surface area contributed by atoms with Gasteiger partial charge in [0.1, 0.15) is 0 Å². The van der Waals surface area contributed by atoms with Gasteiger partial charge in [-0.05, 0) is 19.4 Å². The minimum atomic E-state index is 0. The minimum Gasteiger partial charge on any atom is -0.349 e. The summed E-state index contributed by atoms with van der Waals surface area (Å²) in [6.45, 7) is 2.03. The molecule has 0 aromatic heterocycles. The second kappa shape index (κ2) is 2.99. The van der Waals surface area contributed by atoms with Crippen molar-refractivity contribution >= 4 is 18.3 Å². The Morgan fingerprint density at radius 3 is 2.64 bits per heavy atom. The standard InChI is InChI=1S/C7H12N2O.ClH/c10-6-1-2-7(9-6)3-4-8-5-7;/h8H,1-5H2,(H,9,10);1H. The van der Waals surface area contributed by atoms with Gasteiger partial charge in [0.05, 0.1) is 5.54 Å². The molecule has 2 saturated heterocycles. The number of rotatable bonds is 0. The molecule has 1 atom stereocenters. The number of carbonyl (C=O) groups excluding carboxylic acids is 1. The third-order valence-electron chi connectivity index (χ3n) is 2.48. The van der Waals surface area contributed by atoms with Crippen molar-refractivity contribution in [3.05, 3.63) is 0 Å². The van der Waals surface area contributed by atoms with Crippen LogP contribution in [-0.2, 0) is 4.79 Å². The third kappa shape index (κ3) is 1.49. The molecule has 2 fully saturated rings. The summed E-state index contributed by atoms with van der Waals surface area (Å²) in [6.07, 6.45) is 2.86. The fourth-order valence-electron chi connectivity index (χ4n) is 1.84. The Kier molecular flexibility index (Phi) is 2.40. The van der Waals surface area contributed by atoms with Crippen LogP contribution in [0.15, 0.2) is 0 Å². The van der Waals surface area contributed by atoms with Gasteiger partial charge in [-0.2, -0.15) is 0 Å². The first-order valence-electron chi connectivity index (χ1n) is 3.83. The van der Waals surface area contributed by atoms with Crippen LogP contribution >= 0.6 is 12.4 Å². The molecule has 2 heterocycles. The van der Waals surface area contributed by atoms with E-state index < -0.39 is 0 Å². The Labute approximate surface area is 72.3 Å². The van der Waals surface area contributed by atoms with Crippen LogP contribution < -0.4 is 10.6 Å². The Balaban J connectivity index is 0.000000605. The van der Waals surface area contributed by atoms with Crippen LogP contribution in [-0.4, -0.2) is 24.5 Å². The average molecular weight is 177 g/mol. The number of hydrogen-bond donors (Lipinski definition) is 2. The van der Waals surface area contributed by atoms with Crippen LogP contribution in [0, 0.1) is 0 Å². The van der Waals surface area contributed by atoms with Crippen molar-refractivity contribution in [2.45, 2.75) is 24.8 Å². The maximum atomic E-state index is 10.9. The lowest BCUT2D eigenvalue weighted by Gasteiger charge is -2.20. The van der Waals surface area contributed by atoms with Crippen molar-refractivity contribution in [2.24, 2.45) is 0 Å². The van der Waals surface area contributed by atoms with Crippen molar-refractivity contribution in [3.8, 4) is 0 Å². The van der Waals surface area contributed by atoms with Gasteiger partial charge in [-0.1, -0.05) is 0 Å². The molecule has 0 saturated carbocycles. The normalized spacial score (nSPS) is 35.5. The van der Waals surface area contributed by atoms with Gasteiger partial charge >= 0.3 is 0 Å². The number of carbonyl (C=O) groups is 1. The zero-order chi connectivity index (χ0) is 7.03. The number of nitrogens with one attached hydrogen (secondary N) is 2. The van der Waals surface area contributed by atoms with Crippen molar-refractivity contribution in [1.82, 2.24) is 10.6 Å². The van der Waals surface area contributed by atoms with E-state index in [2.05, 4.69) is 10.6 Å². The molecule has 2 rings (SSSR count). The molecule has 1 spiro atoms. The number of amides is 1. The summed E-state index contributed by atoms with van der Waals surface area (Å²) in [5, 5.41) is 6.29. The smallest absolute Gasteiger partial charge is 0.220 e. The molecule has 0 bridgehead atoms. The lowest BCUT2D eigenvalue weighted by molar-refractivity contribution is -0.119. The maximum absolute atomic E-state index is 10.9. The highest BCUT2D eigenvalue weighted by atomic mass is 35.5. The molecule has 11 heavy (non-hydrogen) atoms. The van der Waals surface area contributed by atoms with Crippen LogP contribution in [0.5, 0.6) is 0 Å². The van der Waals surface area contributed by atoms with E-state index in [0.717, 1.165) is 32.4 Å². The van der Waals surface area contributed by atoms with Crippen molar-refractivity contribution in [1.29, 1.82) is 0 Å². The van der Waals surface area contributed by atoms with Gasteiger partial charge in [-0.3, -0.25) is 4.79 Å². The Morgan fingerprint density at radius 1 is 1.36 bits per heavy atom. The summed E-state index contributed by atoms with van der Waals surface area (Å²) in [6, 6.07) is 0. The zero-order valence-corrected chi connectivity index (χ0v) is 7.17. The van der Waals surface area contributed by atoms with E-state index in [1.54, 1.807) is 0 Å². The van der Waals surface area contributed by atoms with Gasteiger partial charge in [-0.15, -0.1) is 12.4 Å². The van der Waals surface area contributed by atoms with Crippen LogP contribution in [0.2, 0.25) is 0 Å². The van der Waals surface area contributed by atoms with Gasteiger partial charge in [-0.25, -0.2) is 0 Å². The predicted molar refractivity (Wildman–Crippen MR) is 44.8 cm³/mol. The number of halogens is 1. The molecule has 64 valence electrons. The van der Waals surface area contributed by atoms with E-state index in [4.69, 9.17) is 0 Å². The molecule has 2 aliphatic heterocycles. The van der Waals surface area contributed by atoms with E-state index in [1.165, 1.54) is 0 Å². The highest BCUT2D eigenvalue weighted by molar-refractivity contribution is 5.85. The topological polar surface area (TPSA) is 41.1 Å². The molecule has 2 aliphatic rings. The van der Waals surface area contributed by atoms with Gasteiger partial charge in [0.25, 0.3) is 0 Å². The van der Waals surface area contributed by atoms with Crippen molar-refractivity contribution < 1.29 is 4.79 Å². The molecule has 0 aromatic rings. The molecule has 3 nitrogen and oxygen atoms in total. The van der Waals surface area contributed by atoms with E-state index in [-0.39, 0.29) is 23.9 Å². The summed E-state index contributed by atoms with van der Waals surface area (Å²) in [4.78, 5) is 10.9. The lowest BCUT2D eigenvalue weighted by atomic mass is 9.97. The van der Waals surface area contributed by atoms with Crippen molar-refractivity contribution in [2.75, 3.05) is 13.1 Å². The predicted octanol–water partition coefficient (Wildman–Crippen LogP) is 0.0503. The van der Waals surface area contributed by atoms with Gasteiger partial charge in [0.15, 0.2) is 0 Å². The van der Waals surface area contributed by atoms with Crippen LogP contribution in [0.3, 0.4) is 0 Å². The quantitative estimate of drug-likeness (QED) is 0.548. The summed E-state index contributed by atoms with van der Waals surface area (Å²) in [5.74, 6) is 0.226. The molecule has 1 amide bonds. The summed E-state index contributed by atoms with van der Waals surface area (Å²) < 4.78 is 0. The van der Waals surface area contributed by atoms with Crippen LogP contribution in [0.4, 0.5) is 0 Å². The molecule has 1 unspecified atom stereocenters. The first kappa shape index (κ1) is 8.81. The average Bonchev–Trinajstić information content (AvgIpc) is 2.46. The molecular formula is C7H13ClN2O.